The van der Waals surface area contributed by atoms with Gasteiger partial charge in [0.2, 0.25) is 0 Å². The quantitative estimate of drug-likeness (QED) is 0.417. The van der Waals surface area contributed by atoms with Crippen molar-refractivity contribution in [1.82, 2.24) is 9.13 Å². The van der Waals surface area contributed by atoms with Crippen LogP contribution in [0, 0.1) is 0 Å². The molecule has 6 nitrogen and oxygen atoms in total. The molecular weight excluding hydrogens is 364 g/mol. The molecule has 0 aliphatic heterocycles. The average Bonchev–Trinajstić information content (AvgIpc) is 2.60. The van der Waals surface area contributed by atoms with E-state index in [4.69, 9.17) is 16.3 Å². The van der Waals surface area contributed by atoms with Crippen molar-refractivity contribution in [3.63, 3.8) is 0 Å². The van der Waals surface area contributed by atoms with Gasteiger partial charge in [-0.3, -0.25) is 18.7 Å². The number of thioether (sulfide) groups is 1. The Balaban J connectivity index is 1.77. The second-order valence-electron chi connectivity index (χ2n) is 5.44. The van der Waals surface area contributed by atoms with Crippen LogP contribution in [0.1, 0.15) is 18.5 Å². The Kier molecular flexibility index (Phi) is 6.90. The maximum atomic E-state index is 11.8. The van der Waals surface area contributed by atoms with Crippen LogP contribution in [0.15, 0.2) is 44.8 Å². The van der Waals surface area contributed by atoms with Gasteiger partial charge in [-0.25, -0.2) is 4.79 Å². The Labute approximate surface area is 154 Å². The predicted molar refractivity (Wildman–Crippen MR) is 98.1 cm³/mol. The summed E-state index contributed by atoms with van der Waals surface area (Å²) in [5.41, 5.74) is -0.497. The van der Waals surface area contributed by atoms with Gasteiger partial charge >= 0.3 is 11.7 Å². The van der Waals surface area contributed by atoms with Gasteiger partial charge in [0.1, 0.15) is 6.61 Å². The molecule has 1 heterocycles. The molecule has 0 bridgehead atoms. The van der Waals surface area contributed by atoms with E-state index in [1.54, 1.807) is 11.8 Å². The van der Waals surface area contributed by atoms with Crippen molar-refractivity contribution in [2.75, 3.05) is 5.75 Å². The summed E-state index contributed by atoms with van der Waals surface area (Å²) in [5, 5.41) is 0.693. The van der Waals surface area contributed by atoms with E-state index in [2.05, 4.69) is 0 Å². The summed E-state index contributed by atoms with van der Waals surface area (Å²) in [6, 6.07) is 8.81. The van der Waals surface area contributed by atoms with Crippen LogP contribution in [0.5, 0.6) is 0 Å². The fourth-order valence-electron chi connectivity index (χ4n) is 2.08. The van der Waals surface area contributed by atoms with E-state index >= 15 is 0 Å². The molecule has 0 aliphatic carbocycles. The average molecular weight is 383 g/mol. The fourth-order valence-corrected chi connectivity index (χ4v) is 3.06. The third-order valence-corrected chi connectivity index (χ3v) is 4.96. The van der Waals surface area contributed by atoms with Gasteiger partial charge < -0.3 is 4.74 Å². The smallest absolute Gasteiger partial charge is 0.330 e. The molecule has 8 heteroatoms. The molecular formula is C17H19ClN2O4S. The second kappa shape index (κ2) is 8.92. The minimum atomic E-state index is -0.446. The summed E-state index contributed by atoms with van der Waals surface area (Å²) in [6.45, 7) is -0.0923. The van der Waals surface area contributed by atoms with E-state index in [1.165, 1.54) is 24.7 Å². The van der Waals surface area contributed by atoms with E-state index in [0.717, 1.165) is 15.2 Å². The molecule has 2 rings (SSSR count). The van der Waals surface area contributed by atoms with Crippen molar-refractivity contribution >= 4 is 29.3 Å². The summed E-state index contributed by atoms with van der Waals surface area (Å²) in [6.07, 6.45) is 0.945. The Hall–Kier alpha value is -1.99. The van der Waals surface area contributed by atoms with Crippen molar-refractivity contribution in [2.24, 2.45) is 14.1 Å². The van der Waals surface area contributed by atoms with Gasteiger partial charge in [-0.15, -0.1) is 11.8 Å². The SMILES string of the molecule is Cn1c(COC(=O)CCCSc2ccc(Cl)cc2)cc(=O)n(C)c1=O. The number of esters is 1. The van der Waals surface area contributed by atoms with Gasteiger partial charge in [0, 0.05) is 36.5 Å². The summed E-state index contributed by atoms with van der Waals surface area (Å²) in [7, 11) is 2.94. The van der Waals surface area contributed by atoms with Crippen molar-refractivity contribution in [1.29, 1.82) is 0 Å². The first-order chi connectivity index (χ1) is 11.9. The zero-order valence-corrected chi connectivity index (χ0v) is 15.6. The first kappa shape index (κ1) is 19.3. The van der Waals surface area contributed by atoms with Crippen LogP contribution in [0.4, 0.5) is 0 Å². The molecule has 25 heavy (non-hydrogen) atoms. The van der Waals surface area contributed by atoms with Gasteiger partial charge in [-0.1, -0.05) is 11.6 Å². The molecule has 0 fully saturated rings. The van der Waals surface area contributed by atoms with Crippen LogP contribution in [-0.4, -0.2) is 20.9 Å². The van der Waals surface area contributed by atoms with Crippen molar-refractivity contribution in [3.8, 4) is 0 Å². The minimum absolute atomic E-state index is 0.0923. The Bertz CT molecular complexity index is 858. The lowest BCUT2D eigenvalue weighted by molar-refractivity contribution is -0.145. The van der Waals surface area contributed by atoms with Crippen LogP contribution in [-0.2, 0) is 30.2 Å². The highest BCUT2D eigenvalue weighted by Crippen LogP contribution is 2.21. The standard InChI is InChI=1S/C17H19ClN2O4S/c1-19-13(10-15(21)20(2)17(19)23)11-24-16(22)4-3-9-25-14-7-5-12(18)6-8-14/h5-8,10H,3-4,9,11H2,1-2H3. The van der Waals surface area contributed by atoms with Crippen LogP contribution in [0.25, 0.3) is 0 Å². The molecule has 0 N–H and O–H groups in total. The third kappa shape index (κ3) is 5.51. The summed E-state index contributed by atoms with van der Waals surface area (Å²) >= 11 is 7.46. The lowest BCUT2D eigenvalue weighted by Gasteiger charge is -2.10. The van der Waals surface area contributed by atoms with Crippen molar-refractivity contribution in [2.45, 2.75) is 24.3 Å². The molecule has 1 aromatic heterocycles. The van der Waals surface area contributed by atoms with Gasteiger partial charge in [-0.2, -0.15) is 0 Å². The third-order valence-electron chi connectivity index (χ3n) is 3.61. The Morgan fingerprint density at radius 1 is 1.16 bits per heavy atom. The van der Waals surface area contributed by atoms with Crippen LogP contribution in [0.2, 0.25) is 5.02 Å². The number of aromatic nitrogens is 2. The monoisotopic (exact) mass is 382 g/mol. The number of rotatable bonds is 7. The van der Waals surface area contributed by atoms with Crippen LogP contribution >= 0.6 is 23.4 Å². The lowest BCUT2D eigenvalue weighted by Crippen LogP contribution is -2.38. The normalized spacial score (nSPS) is 10.7. The molecule has 0 radical (unpaired) electrons. The first-order valence-electron chi connectivity index (χ1n) is 7.68. The molecule has 0 saturated heterocycles. The topological polar surface area (TPSA) is 70.3 Å². The summed E-state index contributed by atoms with van der Waals surface area (Å²) in [5.74, 6) is 0.422. The Morgan fingerprint density at radius 2 is 1.84 bits per heavy atom. The number of hydrogen-bond acceptors (Lipinski definition) is 5. The predicted octanol–water partition coefficient (Wildman–Crippen LogP) is 2.35. The second-order valence-corrected chi connectivity index (χ2v) is 7.05. The number of ether oxygens (including phenoxy) is 1. The first-order valence-corrected chi connectivity index (χ1v) is 9.05. The van der Waals surface area contributed by atoms with Gasteiger partial charge in [0.25, 0.3) is 5.56 Å². The van der Waals surface area contributed by atoms with Gasteiger partial charge in [0.05, 0.1) is 5.69 Å². The van der Waals surface area contributed by atoms with Crippen LogP contribution < -0.4 is 11.2 Å². The van der Waals surface area contributed by atoms with Crippen molar-refractivity contribution < 1.29 is 9.53 Å². The maximum Gasteiger partial charge on any atom is 0.330 e. The number of nitrogens with zero attached hydrogens (tertiary/aromatic N) is 2. The highest BCUT2D eigenvalue weighted by molar-refractivity contribution is 7.99. The zero-order chi connectivity index (χ0) is 18.4. The Morgan fingerprint density at radius 3 is 2.52 bits per heavy atom. The minimum Gasteiger partial charge on any atom is -0.459 e. The van der Waals surface area contributed by atoms with Gasteiger partial charge in [0.15, 0.2) is 0 Å². The molecule has 0 atom stereocenters. The summed E-state index contributed by atoms with van der Waals surface area (Å²) in [4.78, 5) is 36.3. The number of carbonyl (C=O) groups excluding carboxylic acids is 1. The van der Waals surface area contributed by atoms with E-state index in [-0.39, 0.29) is 19.0 Å². The number of carbonyl (C=O) groups is 1. The fraction of sp³-hybridized carbons (Fsp3) is 0.353. The zero-order valence-electron chi connectivity index (χ0n) is 14.0. The lowest BCUT2D eigenvalue weighted by atomic mass is 10.3. The molecule has 2 aromatic rings. The van der Waals surface area contributed by atoms with Gasteiger partial charge in [-0.05, 0) is 36.4 Å². The van der Waals surface area contributed by atoms with E-state index in [0.29, 0.717) is 17.1 Å². The number of hydrogen-bond donors (Lipinski definition) is 0. The van der Waals surface area contributed by atoms with Crippen LogP contribution in [0.3, 0.4) is 0 Å². The molecule has 0 aliphatic rings. The van der Waals surface area contributed by atoms with E-state index in [1.807, 2.05) is 24.3 Å². The molecule has 0 amide bonds. The molecule has 134 valence electrons. The van der Waals surface area contributed by atoms with Crippen molar-refractivity contribution in [3.05, 3.63) is 61.9 Å². The number of benzene rings is 1. The number of halogens is 1. The molecule has 1 aromatic carbocycles. The highest BCUT2D eigenvalue weighted by Gasteiger charge is 2.09. The largest absolute Gasteiger partial charge is 0.459 e. The maximum absolute atomic E-state index is 11.8. The molecule has 0 spiro atoms. The molecule has 0 unspecified atom stereocenters. The molecule has 0 saturated carbocycles. The van der Waals surface area contributed by atoms with E-state index < -0.39 is 11.2 Å². The van der Waals surface area contributed by atoms with E-state index in [9.17, 15) is 14.4 Å². The summed E-state index contributed by atoms with van der Waals surface area (Å²) < 4.78 is 7.45. The highest BCUT2D eigenvalue weighted by atomic mass is 35.5.